The third kappa shape index (κ3) is 2.61. The summed E-state index contributed by atoms with van der Waals surface area (Å²) in [6, 6.07) is 5.91. The second kappa shape index (κ2) is 5.55. The number of rotatable bonds is 2. The normalized spacial score (nSPS) is 38.3. The first kappa shape index (κ1) is 16.6. The summed E-state index contributed by atoms with van der Waals surface area (Å²) in [5.74, 6) is 1.48. The van der Waals surface area contributed by atoms with Gasteiger partial charge in [-0.3, -0.25) is 4.55 Å². The molecule has 5 heteroatoms. The number of hydrogen-bond donors (Lipinski definition) is 2. The molecule has 4 nitrogen and oxygen atoms in total. The van der Waals surface area contributed by atoms with E-state index in [1.54, 1.807) is 0 Å². The Morgan fingerprint density at radius 3 is 2.75 bits per heavy atom. The van der Waals surface area contributed by atoms with Gasteiger partial charge in [0.15, 0.2) is 0 Å². The van der Waals surface area contributed by atoms with Crippen LogP contribution in [0, 0.1) is 17.3 Å². The summed E-state index contributed by atoms with van der Waals surface area (Å²) in [5, 5.41) is 10.4. The number of aliphatic hydroxyl groups excluding tert-OH is 1. The van der Waals surface area contributed by atoms with E-state index in [9.17, 15) is 13.5 Å². The summed E-state index contributed by atoms with van der Waals surface area (Å²) in [6.45, 7) is 2.27. The van der Waals surface area contributed by atoms with Crippen molar-refractivity contribution >= 4 is 10.1 Å². The molecule has 3 aliphatic rings. The van der Waals surface area contributed by atoms with Gasteiger partial charge >= 0.3 is 0 Å². The van der Waals surface area contributed by atoms with E-state index < -0.39 is 10.1 Å². The molecule has 0 aliphatic heterocycles. The number of aryl methyl sites for hydroxylation is 1. The number of hydrogen-bond acceptors (Lipinski definition) is 3. The Balaban J connectivity index is 1.63. The van der Waals surface area contributed by atoms with Crippen molar-refractivity contribution in [2.75, 3.05) is 0 Å². The van der Waals surface area contributed by atoms with Gasteiger partial charge in [-0.05, 0) is 78.4 Å². The molecular weight excluding hydrogens is 324 g/mol. The first-order valence-electron chi connectivity index (χ1n) is 9.03. The Kier molecular flexibility index (Phi) is 3.83. The zero-order valence-electron chi connectivity index (χ0n) is 14.1. The van der Waals surface area contributed by atoms with Crippen molar-refractivity contribution in [2.24, 2.45) is 17.3 Å². The maximum absolute atomic E-state index is 11.1. The summed E-state index contributed by atoms with van der Waals surface area (Å²) in [4.78, 5) is 0. The fourth-order valence-electron chi connectivity index (χ4n) is 5.91. The standard InChI is InChI=1S/C19H26O4S/c1-19-9-8-15-14-4-2-12(11-24(21,22)23)10-13(14)3-5-16(15)17(19)6-7-18(19)20/h2,4,10,15-18,20H,3,5-9,11H2,1H3,(H,21,22,23)/t15-,16-,17+,18+,19+/m1/s1. The van der Waals surface area contributed by atoms with Gasteiger partial charge in [0.25, 0.3) is 10.1 Å². The average Bonchev–Trinajstić information content (AvgIpc) is 2.81. The molecule has 5 atom stereocenters. The Morgan fingerprint density at radius 1 is 1.21 bits per heavy atom. The molecule has 2 saturated carbocycles. The van der Waals surface area contributed by atoms with Crippen molar-refractivity contribution in [1.82, 2.24) is 0 Å². The third-order valence-corrected chi connectivity index (χ3v) is 7.79. The topological polar surface area (TPSA) is 74.6 Å². The summed E-state index contributed by atoms with van der Waals surface area (Å²) in [6.07, 6.45) is 6.20. The fraction of sp³-hybridized carbons (Fsp3) is 0.684. The molecule has 0 amide bonds. The summed E-state index contributed by atoms with van der Waals surface area (Å²) in [5.41, 5.74) is 3.38. The second-order valence-corrected chi connectivity index (χ2v) is 9.77. The van der Waals surface area contributed by atoms with Gasteiger partial charge in [0.2, 0.25) is 0 Å². The van der Waals surface area contributed by atoms with E-state index in [0.29, 0.717) is 23.3 Å². The molecular formula is C19H26O4S. The van der Waals surface area contributed by atoms with Crippen molar-refractivity contribution in [3.05, 3.63) is 34.9 Å². The van der Waals surface area contributed by atoms with Crippen LogP contribution in [0.25, 0.3) is 0 Å². The highest BCUT2D eigenvalue weighted by atomic mass is 32.2. The Labute approximate surface area is 144 Å². The minimum Gasteiger partial charge on any atom is -0.393 e. The highest BCUT2D eigenvalue weighted by molar-refractivity contribution is 7.85. The van der Waals surface area contributed by atoms with E-state index in [-0.39, 0.29) is 17.3 Å². The fourth-order valence-corrected chi connectivity index (χ4v) is 6.51. The van der Waals surface area contributed by atoms with Crippen LogP contribution >= 0.6 is 0 Å². The molecule has 3 aliphatic carbocycles. The van der Waals surface area contributed by atoms with Crippen LogP contribution in [0.2, 0.25) is 0 Å². The maximum Gasteiger partial charge on any atom is 0.269 e. The maximum atomic E-state index is 11.1. The van der Waals surface area contributed by atoms with Crippen molar-refractivity contribution in [2.45, 2.75) is 63.2 Å². The molecule has 0 heterocycles. The molecule has 0 radical (unpaired) electrons. The molecule has 0 saturated heterocycles. The summed E-state index contributed by atoms with van der Waals surface area (Å²) in [7, 11) is -3.98. The first-order valence-corrected chi connectivity index (χ1v) is 10.6. The van der Waals surface area contributed by atoms with Crippen LogP contribution in [0.3, 0.4) is 0 Å². The highest BCUT2D eigenvalue weighted by Crippen LogP contribution is 2.60. The van der Waals surface area contributed by atoms with Gasteiger partial charge < -0.3 is 5.11 Å². The molecule has 1 aromatic carbocycles. The van der Waals surface area contributed by atoms with E-state index in [4.69, 9.17) is 4.55 Å². The molecule has 0 spiro atoms. The van der Waals surface area contributed by atoms with E-state index >= 15 is 0 Å². The lowest BCUT2D eigenvalue weighted by Gasteiger charge is -2.50. The number of benzene rings is 1. The smallest absolute Gasteiger partial charge is 0.269 e. The molecule has 2 fully saturated rings. The number of fused-ring (bicyclic) bond motifs is 5. The minimum absolute atomic E-state index is 0.0869. The van der Waals surface area contributed by atoms with Gasteiger partial charge in [-0.25, -0.2) is 0 Å². The monoisotopic (exact) mass is 350 g/mol. The minimum atomic E-state index is -3.98. The Morgan fingerprint density at radius 2 is 2.00 bits per heavy atom. The molecule has 2 N–H and O–H groups in total. The van der Waals surface area contributed by atoms with Gasteiger partial charge in [-0.15, -0.1) is 0 Å². The number of aliphatic hydroxyl groups is 1. The van der Waals surface area contributed by atoms with Gasteiger partial charge in [-0.1, -0.05) is 25.1 Å². The van der Waals surface area contributed by atoms with Crippen molar-refractivity contribution in [3.8, 4) is 0 Å². The van der Waals surface area contributed by atoms with Crippen LogP contribution in [0.5, 0.6) is 0 Å². The van der Waals surface area contributed by atoms with E-state index in [1.165, 1.54) is 11.1 Å². The zero-order valence-corrected chi connectivity index (χ0v) is 14.9. The van der Waals surface area contributed by atoms with Crippen LogP contribution in [0.15, 0.2) is 18.2 Å². The molecule has 4 rings (SSSR count). The summed E-state index contributed by atoms with van der Waals surface area (Å²) >= 11 is 0. The predicted octanol–water partition coefficient (Wildman–Crippen LogP) is 3.29. The van der Waals surface area contributed by atoms with E-state index in [2.05, 4.69) is 13.0 Å². The van der Waals surface area contributed by atoms with Crippen molar-refractivity contribution < 1.29 is 18.1 Å². The Hall–Kier alpha value is -0.910. The Bertz CT molecular complexity index is 757. The third-order valence-electron chi connectivity index (χ3n) is 7.09. The second-order valence-electron chi connectivity index (χ2n) is 8.31. The average molecular weight is 350 g/mol. The van der Waals surface area contributed by atoms with Crippen LogP contribution in [-0.4, -0.2) is 24.2 Å². The van der Waals surface area contributed by atoms with Crippen LogP contribution in [0.1, 0.15) is 61.6 Å². The first-order chi connectivity index (χ1) is 11.3. The van der Waals surface area contributed by atoms with Gasteiger partial charge in [0, 0.05) is 0 Å². The lowest BCUT2D eigenvalue weighted by molar-refractivity contribution is -0.0226. The lowest BCUT2D eigenvalue weighted by atomic mass is 9.55. The van der Waals surface area contributed by atoms with Crippen molar-refractivity contribution in [1.29, 1.82) is 0 Å². The van der Waals surface area contributed by atoms with Gasteiger partial charge in [-0.2, -0.15) is 8.42 Å². The SMILES string of the molecule is C[C@]12CC[C@@H]3c4ccc(CS(=O)(=O)O)cc4CC[C@H]3[C@@H]1CC[C@@H]2O. The quantitative estimate of drug-likeness (QED) is 0.803. The molecule has 132 valence electrons. The van der Waals surface area contributed by atoms with Crippen LogP contribution < -0.4 is 0 Å². The van der Waals surface area contributed by atoms with Gasteiger partial charge in [0.05, 0.1) is 6.10 Å². The molecule has 0 bridgehead atoms. The van der Waals surface area contributed by atoms with Crippen LogP contribution in [-0.2, 0) is 22.3 Å². The van der Waals surface area contributed by atoms with Crippen LogP contribution in [0.4, 0.5) is 0 Å². The largest absolute Gasteiger partial charge is 0.393 e. The van der Waals surface area contributed by atoms with Gasteiger partial charge in [0.1, 0.15) is 5.75 Å². The summed E-state index contributed by atoms with van der Waals surface area (Å²) < 4.78 is 31.3. The molecule has 1 aromatic rings. The molecule has 24 heavy (non-hydrogen) atoms. The molecule has 0 unspecified atom stereocenters. The highest BCUT2D eigenvalue weighted by Gasteiger charge is 2.54. The van der Waals surface area contributed by atoms with E-state index in [0.717, 1.165) is 38.5 Å². The van der Waals surface area contributed by atoms with Crippen molar-refractivity contribution in [3.63, 3.8) is 0 Å². The molecule has 0 aromatic heterocycles. The lowest BCUT2D eigenvalue weighted by Crippen LogP contribution is -2.43. The predicted molar refractivity (Wildman–Crippen MR) is 92.3 cm³/mol. The zero-order chi connectivity index (χ0) is 17.1. The van der Waals surface area contributed by atoms with E-state index in [1.807, 2.05) is 12.1 Å².